The molecule has 8 nitrogen and oxygen atoms in total. The highest BCUT2D eigenvalue weighted by Gasteiger charge is 2.27. The highest BCUT2D eigenvalue weighted by molar-refractivity contribution is 6.07. The highest BCUT2D eigenvalue weighted by Crippen LogP contribution is 2.28. The largest absolute Gasteiger partial charge is 0.381 e. The maximum atomic E-state index is 12.3. The first-order chi connectivity index (χ1) is 15.2. The quantitative estimate of drug-likeness (QED) is 0.796. The third kappa shape index (κ3) is 4.60. The van der Waals surface area contributed by atoms with E-state index in [2.05, 4.69) is 27.4 Å². The summed E-state index contributed by atoms with van der Waals surface area (Å²) in [6.45, 7) is 5.84. The molecule has 2 aromatic rings. The molecule has 3 aliphatic rings. The van der Waals surface area contributed by atoms with Crippen molar-refractivity contribution in [1.82, 2.24) is 19.8 Å². The normalized spacial score (nSPS) is 22.3. The molecular weight excluding hydrogens is 394 g/mol. The fraction of sp³-hybridized carbons (Fsp3) is 0.609. The number of amides is 3. The Morgan fingerprint density at radius 3 is 2.65 bits per heavy atom. The molecule has 3 saturated heterocycles. The number of carbonyl (C=O) groups is 2. The van der Waals surface area contributed by atoms with Gasteiger partial charge < -0.3 is 9.64 Å². The predicted octanol–water partition coefficient (Wildman–Crippen LogP) is 2.46. The summed E-state index contributed by atoms with van der Waals surface area (Å²) in [6.07, 6.45) is 9.93. The van der Waals surface area contributed by atoms with Crippen LogP contribution in [0.15, 0.2) is 24.5 Å². The van der Waals surface area contributed by atoms with Crippen LogP contribution in [-0.4, -0.2) is 65.8 Å². The number of likely N-dealkylation sites (tertiary alicyclic amines) is 1. The van der Waals surface area contributed by atoms with E-state index in [9.17, 15) is 9.59 Å². The van der Waals surface area contributed by atoms with Crippen molar-refractivity contribution >= 4 is 23.1 Å². The zero-order valence-corrected chi connectivity index (χ0v) is 18.0. The van der Waals surface area contributed by atoms with Crippen molar-refractivity contribution < 1.29 is 14.3 Å². The van der Waals surface area contributed by atoms with Crippen LogP contribution in [0.3, 0.4) is 0 Å². The minimum absolute atomic E-state index is 0.221. The third-order valence-corrected chi connectivity index (χ3v) is 7.00. The van der Waals surface area contributed by atoms with Gasteiger partial charge in [-0.1, -0.05) is 0 Å². The molecule has 3 aliphatic heterocycles. The molecule has 0 unspecified atom stereocenters. The Labute approximate surface area is 182 Å². The second-order valence-corrected chi connectivity index (χ2v) is 9.15. The van der Waals surface area contributed by atoms with Crippen LogP contribution in [0.2, 0.25) is 0 Å². The molecule has 166 valence electrons. The molecule has 0 saturated carbocycles. The molecule has 3 fully saturated rings. The molecule has 0 spiro atoms. The molecule has 0 radical (unpaired) electrons. The third-order valence-electron chi connectivity index (χ3n) is 7.00. The number of urea groups is 1. The summed E-state index contributed by atoms with van der Waals surface area (Å²) < 4.78 is 7.29. The van der Waals surface area contributed by atoms with Crippen molar-refractivity contribution in [2.75, 3.05) is 44.3 Å². The maximum absolute atomic E-state index is 12.3. The monoisotopic (exact) mass is 425 g/mol. The maximum Gasteiger partial charge on any atom is 0.328 e. The minimum Gasteiger partial charge on any atom is -0.381 e. The lowest BCUT2D eigenvalue weighted by Crippen LogP contribution is -2.49. The van der Waals surface area contributed by atoms with Crippen LogP contribution in [-0.2, 0) is 16.0 Å². The number of nitrogens with one attached hydrogen (secondary N) is 1. The highest BCUT2D eigenvalue weighted by atomic mass is 16.5. The second-order valence-electron chi connectivity index (χ2n) is 9.15. The molecule has 1 N–H and O–H groups in total. The van der Waals surface area contributed by atoms with Gasteiger partial charge in [-0.3, -0.25) is 15.0 Å². The molecule has 3 amide bonds. The number of carbonyl (C=O) groups excluding carboxylic acids is 2. The van der Waals surface area contributed by atoms with Crippen LogP contribution in [0.25, 0.3) is 5.52 Å². The number of anilines is 1. The molecule has 31 heavy (non-hydrogen) atoms. The fourth-order valence-corrected chi connectivity index (χ4v) is 5.14. The average molecular weight is 426 g/mol. The van der Waals surface area contributed by atoms with Crippen molar-refractivity contribution in [2.45, 2.75) is 38.5 Å². The summed E-state index contributed by atoms with van der Waals surface area (Å²) in [5.74, 6) is 1.27. The topological polar surface area (TPSA) is 79.2 Å². The summed E-state index contributed by atoms with van der Waals surface area (Å²) in [5, 5.41) is 6.79. The van der Waals surface area contributed by atoms with Crippen molar-refractivity contribution in [2.24, 2.45) is 11.8 Å². The lowest BCUT2D eigenvalue weighted by Gasteiger charge is -2.35. The number of hydrogen-bond acceptors (Lipinski definition) is 5. The summed E-state index contributed by atoms with van der Waals surface area (Å²) in [5.41, 5.74) is 2.96. The van der Waals surface area contributed by atoms with Gasteiger partial charge in [-0.05, 0) is 74.7 Å². The van der Waals surface area contributed by atoms with Gasteiger partial charge in [-0.2, -0.15) is 5.10 Å². The first-order valence-corrected chi connectivity index (χ1v) is 11.5. The Morgan fingerprint density at radius 1 is 1.06 bits per heavy atom. The van der Waals surface area contributed by atoms with Gasteiger partial charge in [0.05, 0.1) is 17.4 Å². The van der Waals surface area contributed by atoms with E-state index < -0.39 is 0 Å². The zero-order chi connectivity index (χ0) is 21.2. The van der Waals surface area contributed by atoms with Crippen molar-refractivity contribution in [3.8, 4) is 0 Å². The van der Waals surface area contributed by atoms with Gasteiger partial charge in [-0.25, -0.2) is 9.31 Å². The van der Waals surface area contributed by atoms with Crippen LogP contribution < -0.4 is 10.2 Å². The Kier molecular flexibility index (Phi) is 5.91. The van der Waals surface area contributed by atoms with E-state index in [-0.39, 0.29) is 11.9 Å². The summed E-state index contributed by atoms with van der Waals surface area (Å²) in [7, 11) is 0. The number of pyridine rings is 1. The average Bonchev–Trinajstić information content (AvgIpc) is 3.19. The second kappa shape index (κ2) is 8.96. The van der Waals surface area contributed by atoms with Crippen molar-refractivity contribution in [3.63, 3.8) is 0 Å². The van der Waals surface area contributed by atoms with E-state index in [0.29, 0.717) is 18.9 Å². The molecule has 0 atom stereocenters. The molecule has 5 rings (SSSR count). The van der Waals surface area contributed by atoms with Gasteiger partial charge in [0.25, 0.3) is 0 Å². The van der Waals surface area contributed by atoms with Crippen LogP contribution in [0.5, 0.6) is 0 Å². The number of piperidine rings is 1. The fourth-order valence-electron chi connectivity index (χ4n) is 5.14. The van der Waals surface area contributed by atoms with E-state index in [1.54, 1.807) is 15.6 Å². The molecule has 0 aromatic carbocycles. The number of ether oxygens (including phenoxy) is 1. The smallest absolute Gasteiger partial charge is 0.328 e. The minimum atomic E-state index is -0.367. The number of imide groups is 1. The van der Waals surface area contributed by atoms with Gasteiger partial charge in [0, 0.05) is 38.9 Å². The Bertz CT molecular complexity index is 944. The van der Waals surface area contributed by atoms with Gasteiger partial charge in [-0.15, -0.1) is 0 Å². The lowest BCUT2D eigenvalue weighted by atomic mass is 9.89. The number of hydrogen-bond donors (Lipinski definition) is 1. The summed E-state index contributed by atoms with van der Waals surface area (Å²) >= 11 is 0. The predicted molar refractivity (Wildman–Crippen MR) is 117 cm³/mol. The van der Waals surface area contributed by atoms with E-state index in [4.69, 9.17) is 4.74 Å². The van der Waals surface area contributed by atoms with E-state index in [1.165, 1.54) is 50.9 Å². The molecule has 8 heteroatoms. The van der Waals surface area contributed by atoms with Gasteiger partial charge in [0.15, 0.2) is 0 Å². The van der Waals surface area contributed by atoms with Crippen LogP contribution in [0.4, 0.5) is 10.5 Å². The summed E-state index contributed by atoms with van der Waals surface area (Å²) in [4.78, 5) is 28.0. The van der Waals surface area contributed by atoms with Gasteiger partial charge >= 0.3 is 6.03 Å². The van der Waals surface area contributed by atoms with E-state index in [1.807, 2.05) is 6.20 Å². The van der Waals surface area contributed by atoms with E-state index in [0.717, 1.165) is 36.8 Å². The molecule has 0 bridgehead atoms. The number of fused-ring (bicyclic) bond motifs is 1. The zero-order valence-electron chi connectivity index (χ0n) is 18.0. The van der Waals surface area contributed by atoms with Crippen molar-refractivity contribution in [3.05, 3.63) is 30.1 Å². The first-order valence-electron chi connectivity index (χ1n) is 11.5. The Hall–Kier alpha value is -2.45. The Balaban J connectivity index is 1.21. The van der Waals surface area contributed by atoms with Gasteiger partial charge in [0.1, 0.15) is 0 Å². The van der Waals surface area contributed by atoms with Crippen LogP contribution in [0.1, 0.15) is 37.7 Å². The first kappa shape index (κ1) is 20.5. The van der Waals surface area contributed by atoms with Gasteiger partial charge in [0.2, 0.25) is 5.91 Å². The van der Waals surface area contributed by atoms with Crippen LogP contribution >= 0.6 is 0 Å². The number of aromatic nitrogens is 2. The molecule has 5 heterocycles. The molecule has 0 aliphatic carbocycles. The molecular formula is C23H31N5O3. The van der Waals surface area contributed by atoms with Crippen LogP contribution in [0, 0.1) is 11.8 Å². The summed E-state index contributed by atoms with van der Waals surface area (Å²) in [6, 6.07) is 3.92. The Morgan fingerprint density at radius 2 is 1.87 bits per heavy atom. The number of nitrogens with zero attached hydrogens (tertiary/aromatic N) is 4. The SMILES string of the molecule is O=C1CCN(c2cnn3ccc(CC4CCN(CC5CCOCC5)CC4)cc23)C(=O)N1. The lowest BCUT2D eigenvalue weighted by molar-refractivity contribution is -0.120. The standard InChI is InChI=1S/C23H31N5O3/c29-22-4-9-27(23(30)25-22)21-15-24-28-10-3-19(14-20(21)28)13-17-1-7-26(8-2-17)16-18-5-11-31-12-6-18/h3,10,14-15,17-18H,1-2,4-9,11-13,16H2,(H,25,29,30). The molecule has 2 aromatic heterocycles. The number of rotatable bonds is 5. The van der Waals surface area contributed by atoms with Crippen molar-refractivity contribution in [1.29, 1.82) is 0 Å². The van der Waals surface area contributed by atoms with E-state index >= 15 is 0 Å².